The number of phenols is 1. The van der Waals surface area contributed by atoms with Crippen LogP contribution in [-0.4, -0.2) is 33.9 Å². The van der Waals surface area contributed by atoms with Gasteiger partial charge in [0.05, 0.1) is 0 Å². The zero-order chi connectivity index (χ0) is 20.7. The number of carbonyl (C=O) groups is 2. The maximum absolute atomic E-state index is 11.8. The Labute approximate surface area is 163 Å². The van der Waals surface area contributed by atoms with Crippen molar-refractivity contribution in [2.45, 2.75) is 45.4 Å². The van der Waals surface area contributed by atoms with Crippen LogP contribution in [0.2, 0.25) is 0 Å². The van der Waals surface area contributed by atoms with Crippen molar-refractivity contribution in [2.75, 3.05) is 0 Å². The summed E-state index contributed by atoms with van der Waals surface area (Å²) in [6, 6.07) is 13.0. The molecule has 7 heteroatoms. The van der Waals surface area contributed by atoms with Crippen LogP contribution < -0.4 is 10.1 Å². The number of carboxylic acid groups (broad SMARTS) is 1. The second kappa shape index (κ2) is 9.12. The van der Waals surface area contributed by atoms with Crippen molar-refractivity contribution in [3.05, 3.63) is 59.7 Å². The molecule has 0 aliphatic heterocycles. The number of rotatable bonds is 7. The average molecular weight is 387 g/mol. The minimum atomic E-state index is -1.20. The number of hydrogen-bond acceptors (Lipinski definition) is 5. The lowest BCUT2D eigenvalue weighted by Gasteiger charge is -2.22. The van der Waals surface area contributed by atoms with Crippen LogP contribution >= 0.6 is 0 Å². The van der Waals surface area contributed by atoms with E-state index >= 15 is 0 Å². The van der Waals surface area contributed by atoms with Gasteiger partial charge in [-0.3, -0.25) is 0 Å². The number of ether oxygens (including phenoxy) is 2. The number of phenolic OH excluding ortho intramolecular Hbond substituents is 1. The highest BCUT2D eigenvalue weighted by Crippen LogP contribution is 2.28. The number of alkyl carbamates (subject to hydrolysis) is 1. The van der Waals surface area contributed by atoms with Crippen LogP contribution in [0.1, 0.15) is 31.9 Å². The molecule has 2 rings (SSSR count). The van der Waals surface area contributed by atoms with E-state index in [1.807, 2.05) is 30.3 Å². The van der Waals surface area contributed by atoms with Gasteiger partial charge in [-0.05, 0) is 44.0 Å². The molecule has 0 bridgehead atoms. The van der Waals surface area contributed by atoms with Crippen LogP contribution in [0.3, 0.4) is 0 Å². The van der Waals surface area contributed by atoms with Crippen molar-refractivity contribution >= 4 is 12.1 Å². The monoisotopic (exact) mass is 387 g/mol. The van der Waals surface area contributed by atoms with Gasteiger partial charge < -0.3 is 25.0 Å². The van der Waals surface area contributed by atoms with E-state index in [2.05, 4.69) is 5.32 Å². The molecule has 1 atom stereocenters. The molecule has 0 aliphatic rings. The second-order valence-electron chi connectivity index (χ2n) is 7.32. The van der Waals surface area contributed by atoms with E-state index in [1.54, 1.807) is 32.9 Å². The first kappa shape index (κ1) is 21.1. The average Bonchev–Trinajstić information content (AvgIpc) is 2.59. The number of aromatic hydroxyl groups is 1. The Morgan fingerprint density at radius 2 is 1.75 bits per heavy atom. The van der Waals surface area contributed by atoms with Gasteiger partial charge in [0.1, 0.15) is 18.2 Å². The molecule has 2 aromatic rings. The molecule has 3 N–H and O–H groups in total. The first-order valence-electron chi connectivity index (χ1n) is 8.85. The third-order valence-corrected chi connectivity index (χ3v) is 3.69. The highest BCUT2D eigenvalue weighted by atomic mass is 16.6. The van der Waals surface area contributed by atoms with Crippen molar-refractivity contribution in [1.29, 1.82) is 0 Å². The van der Waals surface area contributed by atoms with E-state index in [0.717, 1.165) is 5.56 Å². The van der Waals surface area contributed by atoms with Crippen LogP contribution in [0.4, 0.5) is 4.79 Å². The van der Waals surface area contributed by atoms with Gasteiger partial charge in [-0.15, -0.1) is 0 Å². The molecule has 150 valence electrons. The van der Waals surface area contributed by atoms with Gasteiger partial charge in [0.2, 0.25) is 0 Å². The molecular weight excluding hydrogens is 362 g/mol. The van der Waals surface area contributed by atoms with Crippen molar-refractivity contribution in [3.8, 4) is 11.5 Å². The Morgan fingerprint density at radius 1 is 1.07 bits per heavy atom. The van der Waals surface area contributed by atoms with Crippen molar-refractivity contribution in [2.24, 2.45) is 0 Å². The number of carbonyl (C=O) groups excluding carboxylic acids is 1. The van der Waals surface area contributed by atoms with Crippen molar-refractivity contribution in [1.82, 2.24) is 5.32 Å². The van der Waals surface area contributed by atoms with Gasteiger partial charge in [-0.1, -0.05) is 36.4 Å². The van der Waals surface area contributed by atoms with E-state index in [-0.39, 0.29) is 12.2 Å². The third kappa shape index (κ3) is 6.83. The summed E-state index contributed by atoms with van der Waals surface area (Å²) in [5.74, 6) is -1.01. The summed E-state index contributed by atoms with van der Waals surface area (Å²) in [5, 5.41) is 21.9. The van der Waals surface area contributed by atoms with Gasteiger partial charge in [-0.25, -0.2) is 9.59 Å². The van der Waals surface area contributed by atoms with Crippen molar-refractivity contribution < 1.29 is 29.3 Å². The highest BCUT2D eigenvalue weighted by molar-refractivity contribution is 5.80. The van der Waals surface area contributed by atoms with Crippen LogP contribution in [0.15, 0.2) is 48.5 Å². The minimum absolute atomic E-state index is 0.0128. The summed E-state index contributed by atoms with van der Waals surface area (Å²) < 4.78 is 10.7. The summed E-state index contributed by atoms with van der Waals surface area (Å²) in [6.45, 7) is 5.36. The topological polar surface area (TPSA) is 105 Å². The summed E-state index contributed by atoms with van der Waals surface area (Å²) in [4.78, 5) is 23.3. The summed E-state index contributed by atoms with van der Waals surface area (Å²) in [7, 11) is 0. The molecule has 28 heavy (non-hydrogen) atoms. The minimum Gasteiger partial charge on any atom is -0.504 e. The van der Waals surface area contributed by atoms with Gasteiger partial charge >= 0.3 is 12.1 Å². The SMILES string of the molecule is CC(C)(C)OC(=O)N[C@@H](Cc1ccc(OCc2ccccc2)c(O)c1)C(=O)O. The second-order valence-corrected chi connectivity index (χ2v) is 7.32. The van der Waals surface area contributed by atoms with Gasteiger partial charge in [-0.2, -0.15) is 0 Å². The molecule has 0 radical (unpaired) electrons. The molecule has 0 saturated heterocycles. The number of hydrogen-bond donors (Lipinski definition) is 3. The fraction of sp³-hybridized carbons (Fsp3) is 0.333. The van der Waals surface area contributed by atoms with E-state index in [1.165, 1.54) is 6.07 Å². The van der Waals surface area contributed by atoms with Gasteiger partial charge in [0, 0.05) is 6.42 Å². The quantitative estimate of drug-likeness (QED) is 0.672. The largest absolute Gasteiger partial charge is 0.504 e. The third-order valence-electron chi connectivity index (χ3n) is 3.69. The lowest BCUT2D eigenvalue weighted by molar-refractivity contribution is -0.139. The molecule has 1 amide bonds. The highest BCUT2D eigenvalue weighted by Gasteiger charge is 2.24. The molecule has 0 aromatic heterocycles. The zero-order valence-electron chi connectivity index (χ0n) is 16.1. The van der Waals surface area contributed by atoms with Gasteiger partial charge in [0.25, 0.3) is 0 Å². The molecule has 0 heterocycles. The molecule has 2 aromatic carbocycles. The summed E-state index contributed by atoms with van der Waals surface area (Å²) in [6.07, 6.45) is -0.826. The molecular formula is C21H25NO6. The Hall–Kier alpha value is -3.22. The maximum atomic E-state index is 11.8. The Balaban J connectivity index is 2.00. The Bertz CT molecular complexity index is 813. The van der Waals surface area contributed by atoms with Crippen molar-refractivity contribution in [3.63, 3.8) is 0 Å². The van der Waals surface area contributed by atoms with Gasteiger partial charge in [0.15, 0.2) is 11.5 Å². The molecule has 0 spiro atoms. The van der Waals surface area contributed by atoms with E-state index in [4.69, 9.17) is 9.47 Å². The maximum Gasteiger partial charge on any atom is 0.408 e. The summed E-state index contributed by atoms with van der Waals surface area (Å²) >= 11 is 0. The summed E-state index contributed by atoms with van der Waals surface area (Å²) in [5.41, 5.74) is 0.759. The number of benzene rings is 2. The van der Waals surface area contributed by atoms with Crippen LogP contribution in [0, 0.1) is 0 Å². The number of carboxylic acids is 1. The van der Waals surface area contributed by atoms with E-state index in [9.17, 15) is 19.8 Å². The number of aliphatic carboxylic acids is 1. The zero-order valence-corrected chi connectivity index (χ0v) is 16.1. The standard InChI is InChI=1S/C21H25NO6/c1-21(2,3)28-20(26)22-16(19(24)25)11-15-9-10-18(17(23)12-15)27-13-14-7-5-4-6-8-14/h4-10,12,16,23H,11,13H2,1-3H3,(H,22,26)(H,24,25)/t16-/m0/s1. The fourth-order valence-electron chi connectivity index (χ4n) is 2.43. The predicted octanol–water partition coefficient (Wildman–Crippen LogP) is 3.49. The normalized spacial score (nSPS) is 12.1. The van der Waals surface area contributed by atoms with Crippen LogP contribution in [0.5, 0.6) is 11.5 Å². The predicted molar refractivity (Wildman–Crippen MR) is 103 cm³/mol. The Kier molecular flexibility index (Phi) is 6.87. The molecule has 0 saturated carbocycles. The molecule has 0 fully saturated rings. The fourth-order valence-corrected chi connectivity index (χ4v) is 2.43. The molecule has 0 aliphatic carbocycles. The first-order chi connectivity index (χ1) is 13.1. The van der Waals surface area contributed by atoms with Crippen LogP contribution in [0.25, 0.3) is 0 Å². The smallest absolute Gasteiger partial charge is 0.408 e. The van der Waals surface area contributed by atoms with Crippen LogP contribution in [-0.2, 0) is 22.6 Å². The number of nitrogens with one attached hydrogen (secondary N) is 1. The lowest BCUT2D eigenvalue weighted by Crippen LogP contribution is -2.44. The number of amides is 1. The van der Waals surface area contributed by atoms with E-state index < -0.39 is 23.7 Å². The first-order valence-corrected chi connectivity index (χ1v) is 8.85. The Morgan fingerprint density at radius 3 is 2.32 bits per heavy atom. The molecule has 0 unspecified atom stereocenters. The molecule has 7 nitrogen and oxygen atoms in total. The lowest BCUT2D eigenvalue weighted by atomic mass is 10.1. The van der Waals surface area contributed by atoms with E-state index in [0.29, 0.717) is 17.9 Å².